The third-order valence-electron chi connectivity index (χ3n) is 4.44. The molecule has 3 rings (SSSR count). The highest BCUT2D eigenvalue weighted by atomic mass is 32.1. The molecule has 0 saturated heterocycles. The van der Waals surface area contributed by atoms with Gasteiger partial charge < -0.3 is 15.4 Å². The highest BCUT2D eigenvalue weighted by molar-refractivity contribution is 7.80. The average Bonchev–Trinajstić information content (AvgIpc) is 3.18. The molecule has 2 aromatic carbocycles. The number of hydrogen-bond acceptors (Lipinski definition) is 4. The number of rotatable bonds is 8. The van der Waals surface area contributed by atoms with Crippen molar-refractivity contribution in [1.82, 2.24) is 5.32 Å². The molecule has 1 aromatic heterocycles. The summed E-state index contributed by atoms with van der Waals surface area (Å²) in [5, 5.41) is 7.59. The minimum Gasteiger partial charge on any atom is -0.465 e. The van der Waals surface area contributed by atoms with Gasteiger partial charge in [0.25, 0.3) is 0 Å². The highest BCUT2D eigenvalue weighted by Crippen LogP contribution is 2.35. The van der Waals surface area contributed by atoms with E-state index >= 15 is 0 Å². The quantitative estimate of drug-likeness (QED) is 0.284. The fourth-order valence-electron chi connectivity index (χ4n) is 2.94. The number of aryl methyl sites for hydroxylation is 1. The van der Waals surface area contributed by atoms with Gasteiger partial charge >= 0.3 is 5.97 Å². The van der Waals surface area contributed by atoms with Crippen molar-refractivity contribution in [3.8, 4) is 10.4 Å². The summed E-state index contributed by atoms with van der Waals surface area (Å²) >= 11 is 6.91. The molecule has 0 spiro atoms. The first-order valence-electron chi connectivity index (χ1n) is 9.53. The van der Waals surface area contributed by atoms with Crippen LogP contribution in [0.2, 0.25) is 0 Å². The molecule has 3 aromatic rings. The van der Waals surface area contributed by atoms with Crippen LogP contribution < -0.4 is 10.6 Å². The van der Waals surface area contributed by atoms with Crippen LogP contribution in [0.5, 0.6) is 0 Å². The second-order valence-corrected chi connectivity index (χ2v) is 8.00. The van der Waals surface area contributed by atoms with Crippen molar-refractivity contribution in [3.05, 3.63) is 77.9 Å². The van der Waals surface area contributed by atoms with Crippen LogP contribution in [0.1, 0.15) is 28.8 Å². The van der Waals surface area contributed by atoms with Gasteiger partial charge in [-0.2, -0.15) is 0 Å². The number of unbranched alkanes of at least 4 members (excludes halogenated alkanes) is 1. The summed E-state index contributed by atoms with van der Waals surface area (Å²) in [6.45, 7) is 0.781. The molecular formula is C23H24N2O2S2. The topological polar surface area (TPSA) is 50.4 Å². The molecule has 2 N–H and O–H groups in total. The Balaban J connectivity index is 1.54. The van der Waals surface area contributed by atoms with Crippen molar-refractivity contribution in [2.24, 2.45) is 0 Å². The molecule has 29 heavy (non-hydrogen) atoms. The first kappa shape index (κ1) is 21.0. The standard InChI is InChI=1S/C23H24N2O2S2/c1-27-22(26)19-16-20(18-13-6-3-7-14-18)29-21(19)25-23(28)24-15-9-8-12-17-10-4-2-5-11-17/h2-7,10-11,13-14,16H,8-9,12,15H2,1H3,(H2,24,25,28). The number of carbonyl (C=O) groups is 1. The predicted octanol–water partition coefficient (Wildman–Crippen LogP) is 5.51. The number of carbonyl (C=O) groups excluding carboxylic acids is 1. The second kappa shape index (κ2) is 10.7. The Kier molecular flexibility index (Phi) is 7.78. The van der Waals surface area contributed by atoms with Crippen LogP contribution in [0.15, 0.2) is 66.7 Å². The monoisotopic (exact) mass is 424 g/mol. The minimum absolute atomic E-state index is 0.378. The van der Waals surface area contributed by atoms with Crippen LogP contribution in [0.3, 0.4) is 0 Å². The molecule has 0 aliphatic carbocycles. The van der Waals surface area contributed by atoms with Crippen LogP contribution in [0.25, 0.3) is 10.4 Å². The largest absolute Gasteiger partial charge is 0.465 e. The molecular weight excluding hydrogens is 400 g/mol. The van der Waals surface area contributed by atoms with Gasteiger partial charge in [0.2, 0.25) is 0 Å². The molecule has 4 nitrogen and oxygen atoms in total. The van der Waals surface area contributed by atoms with Crippen LogP contribution in [-0.2, 0) is 11.2 Å². The molecule has 0 amide bonds. The SMILES string of the molecule is COC(=O)c1cc(-c2ccccc2)sc1NC(=S)NCCCCc1ccccc1. The van der Waals surface area contributed by atoms with Crippen LogP contribution in [0, 0.1) is 0 Å². The van der Waals surface area contributed by atoms with Gasteiger partial charge in [-0.3, -0.25) is 0 Å². The molecule has 6 heteroatoms. The zero-order valence-corrected chi connectivity index (χ0v) is 17.9. The van der Waals surface area contributed by atoms with Gasteiger partial charge in [-0.05, 0) is 48.7 Å². The fraction of sp³-hybridized carbons (Fsp3) is 0.217. The van der Waals surface area contributed by atoms with E-state index in [-0.39, 0.29) is 5.97 Å². The number of benzene rings is 2. The van der Waals surface area contributed by atoms with Crippen molar-refractivity contribution < 1.29 is 9.53 Å². The van der Waals surface area contributed by atoms with Gasteiger partial charge in [-0.25, -0.2) is 4.79 Å². The number of thiophene rings is 1. The van der Waals surface area contributed by atoms with E-state index < -0.39 is 0 Å². The summed E-state index contributed by atoms with van der Waals surface area (Å²) in [4.78, 5) is 13.2. The lowest BCUT2D eigenvalue weighted by Crippen LogP contribution is -2.29. The Morgan fingerprint density at radius 3 is 2.41 bits per heavy atom. The first-order chi connectivity index (χ1) is 14.2. The van der Waals surface area contributed by atoms with E-state index in [1.54, 1.807) is 0 Å². The molecule has 0 aliphatic heterocycles. The Bertz CT molecular complexity index is 940. The molecule has 0 bridgehead atoms. The molecule has 150 valence electrons. The smallest absolute Gasteiger partial charge is 0.340 e. The molecule has 0 atom stereocenters. The lowest BCUT2D eigenvalue weighted by molar-refractivity contribution is 0.0602. The van der Waals surface area contributed by atoms with E-state index in [0.29, 0.717) is 15.7 Å². The van der Waals surface area contributed by atoms with E-state index in [4.69, 9.17) is 17.0 Å². The van der Waals surface area contributed by atoms with Crippen LogP contribution in [0.4, 0.5) is 5.00 Å². The highest BCUT2D eigenvalue weighted by Gasteiger charge is 2.18. The maximum absolute atomic E-state index is 12.2. The molecule has 1 heterocycles. The first-order valence-corrected chi connectivity index (χ1v) is 10.8. The maximum Gasteiger partial charge on any atom is 0.340 e. The predicted molar refractivity (Wildman–Crippen MR) is 125 cm³/mol. The van der Waals surface area contributed by atoms with Gasteiger partial charge in [-0.1, -0.05) is 60.7 Å². The lowest BCUT2D eigenvalue weighted by Gasteiger charge is -2.10. The molecule has 0 aliphatic rings. The van der Waals surface area contributed by atoms with Gasteiger partial charge in [0, 0.05) is 11.4 Å². The molecule has 0 saturated carbocycles. The number of ether oxygens (including phenoxy) is 1. The van der Waals surface area contributed by atoms with E-state index in [9.17, 15) is 4.79 Å². The average molecular weight is 425 g/mol. The van der Waals surface area contributed by atoms with Crippen molar-refractivity contribution in [2.75, 3.05) is 19.0 Å². The Labute approximate surface area is 180 Å². The van der Waals surface area contributed by atoms with Crippen LogP contribution >= 0.6 is 23.6 Å². The van der Waals surface area contributed by atoms with E-state index in [2.05, 4.69) is 34.9 Å². The summed E-state index contributed by atoms with van der Waals surface area (Å²) < 4.78 is 4.93. The zero-order valence-electron chi connectivity index (χ0n) is 16.3. The minimum atomic E-state index is -0.378. The summed E-state index contributed by atoms with van der Waals surface area (Å²) in [7, 11) is 1.38. The number of thiocarbonyl (C=S) groups is 1. The number of hydrogen-bond donors (Lipinski definition) is 2. The zero-order chi connectivity index (χ0) is 20.5. The Hall–Kier alpha value is -2.70. The van der Waals surface area contributed by atoms with Crippen molar-refractivity contribution in [3.63, 3.8) is 0 Å². The van der Waals surface area contributed by atoms with Crippen molar-refractivity contribution in [2.45, 2.75) is 19.3 Å². The fourth-order valence-corrected chi connectivity index (χ4v) is 4.26. The second-order valence-electron chi connectivity index (χ2n) is 6.53. The summed E-state index contributed by atoms with van der Waals surface area (Å²) in [5.74, 6) is -0.378. The number of nitrogens with one attached hydrogen (secondary N) is 2. The van der Waals surface area contributed by atoms with E-state index in [1.165, 1.54) is 24.0 Å². The Morgan fingerprint density at radius 2 is 1.72 bits per heavy atom. The Morgan fingerprint density at radius 1 is 1.03 bits per heavy atom. The summed E-state index contributed by atoms with van der Waals surface area (Å²) in [6.07, 6.45) is 3.16. The molecule has 0 radical (unpaired) electrons. The molecule has 0 fully saturated rings. The van der Waals surface area contributed by atoms with Crippen molar-refractivity contribution >= 4 is 39.6 Å². The maximum atomic E-state index is 12.2. The van der Waals surface area contributed by atoms with Crippen molar-refractivity contribution in [1.29, 1.82) is 0 Å². The summed E-state index contributed by atoms with van der Waals surface area (Å²) in [6, 6.07) is 22.2. The van der Waals surface area contributed by atoms with Gasteiger partial charge in [-0.15, -0.1) is 11.3 Å². The third kappa shape index (κ3) is 6.14. The van der Waals surface area contributed by atoms with Gasteiger partial charge in [0.15, 0.2) is 5.11 Å². The molecule has 0 unspecified atom stereocenters. The summed E-state index contributed by atoms with van der Waals surface area (Å²) in [5.41, 5.74) is 2.89. The van der Waals surface area contributed by atoms with Gasteiger partial charge in [0.1, 0.15) is 5.00 Å². The van der Waals surface area contributed by atoms with E-state index in [1.807, 2.05) is 42.5 Å². The normalized spacial score (nSPS) is 10.4. The number of esters is 1. The lowest BCUT2D eigenvalue weighted by atomic mass is 10.1. The van der Waals surface area contributed by atoms with E-state index in [0.717, 1.165) is 36.2 Å². The number of methoxy groups -OCH3 is 1. The third-order valence-corrected chi connectivity index (χ3v) is 5.79. The van der Waals surface area contributed by atoms with Crippen LogP contribution in [-0.4, -0.2) is 24.7 Å². The number of anilines is 1. The van der Waals surface area contributed by atoms with Gasteiger partial charge in [0.05, 0.1) is 12.7 Å².